The molecule has 0 spiro atoms. The third kappa shape index (κ3) is 7.10. The van der Waals surface area contributed by atoms with Gasteiger partial charge in [-0.1, -0.05) is 58.3 Å². The molecule has 3 rings (SSSR count). The lowest BCUT2D eigenvalue weighted by atomic mass is 9.99. The molecule has 1 aliphatic rings. The van der Waals surface area contributed by atoms with E-state index in [2.05, 4.69) is 6.92 Å². The monoisotopic (exact) mass is 510 g/mol. The molecule has 2 heterocycles. The molecule has 1 fully saturated rings. The van der Waals surface area contributed by atoms with E-state index in [0.29, 0.717) is 12.4 Å². The van der Waals surface area contributed by atoms with Crippen molar-refractivity contribution in [2.75, 3.05) is 13.2 Å². The summed E-state index contributed by atoms with van der Waals surface area (Å²) in [6, 6.07) is 4.65. The number of fused-ring (bicyclic) bond motifs is 1. The Bertz CT molecular complexity index is 1000. The van der Waals surface area contributed by atoms with Gasteiger partial charge in [-0.3, -0.25) is 0 Å². The van der Waals surface area contributed by atoms with E-state index in [-0.39, 0.29) is 11.0 Å². The van der Waals surface area contributed by atoms with Gasteiger partial charge in [0, 0.05) is 6.07 Å². The summed E-state index contributed by atoms with van der Waals surface area (Å²) in [6.45, 7) is 2.08. The van der Waals surface area contributed by atoms with E-state index in [0.717, 1.165) is 12.8 Å². The largest absolute Gasteiger partial charge is 0.504 e. The molecule has 0 aliphatic carbocycles. The Morgan fingerprint density at radius 1 is 0.917 bits per heavy atom. The molecule has 0 bridgehead atoms. The van der Waals surface area contributed by atoms with Crippen molar-refractivity contribution in [1.82, 2.24) is 0 Å². The molecule has 36 heavy (non-hydrogen) atoms. The van der Waals surface area contributed by atoms with Crippen LogP contribution < -0.4 is 15.1 Å². The van der Waals surface area contributed by atoms with Gasteiger partial charge in [-0.15, -0.1) is 0 Å². The smallest absolute Gasteiger partial charge is 0.383 e. The summed E-state index contributed by atoms with van der Waals surface area (Å²) in [7, 11) is 0. The van der Waals surface area contributed by atoms with Gasteiger partial charge in [0.2, 0.25) is 6.29 Å². The van der Waals surface area contributed by atoms with Crippen LogP contribution in [-0.4, -0.2) is 69.5 Å². The van der Waals surface area contributed by atoms with Gasteiger partial charge in [0.25, 0.3) is 5.75 Å². The minimum absolute atomic E-state index is 0.0863. The lowest BCUT2D eigenvalue weighted by molar-refractivity contribution is -0.278. The Labute approximate surface area is 210 Å². The second-order valence-corrected chi connectivity index (χ2v) is 9.22. The molecule has 10 nitrogen and oxygen atoms in total. The van der Waals surface area contributed by atoms with Crippen molar-refractivity contribution in [3.8, 4) is 17.2 Å². The van der Waals surface area contributed by atoms with Crippen LogP contribution in [0, 0.1) is 0 Å². The van der Waals surface area contributed by atoms with Crippen molar-refractivity contribution < 1.29 is 44.2 Å². The highest BCUT2D eigenvalue weighted by Crippen LogP contribution is 2.35. The first-order valence-corrected chi connectivity index (χ1v) is 12.8. The Hall–Kier alpha value is -2.37. The molecular formula is C26H38O10. The molecule has 202 valence electrons. The molecule has 0 amide bonds. The molecule has 0 unspecified atom stereocenters. The van der Waals surface area contributed by atoms with Crippen molar-refractivity contribution in [2.24, 2.45) is 0 Å². The normalized spacial score (nSPS) is 24.2. The lowest BCUT2D eigenvalue weighted by Gasteiger charge is -2.39. The highest BCUT2D eigenvalue weighted by molar-refractivity contribution is 5.86. The number of aromatic hydroxyl groups is 1. The minimum Gasteiger partial charge on any atom is -0.504 e. The van der Waals surface area contributed by atoms with Crippen molar-refractivity contribution >= 4 is 11.0 Å². The Morgan fingerprint density at radius 2 is 1.58 bits per heavy atom. The third-order valence-corrected chi connectivity index (χ3v) is 6.41. The van der Waals surface area contributed by atoms with Crippen LogP contribution in [0.5, 0.6) is 17.2 Å². The average molecular weight is 511 g/mol. The minimum atomic E-state index is -1.74. The maximum Gasteiger partial charge on any atom is 0.383 e. The molecule has 1 saturated heterocycles. The number of hydrogen-bond acceptors (Lipinski definition) is 10. The zero-order valence-corrected chi connectivity index (χ0v) is 20.7. The van der Waals surface area contributed by atoms with Crippen molar-refractivity contribution in [3.05, 3.63) is 28.6 Å². The summed E-state index contributed by atoms with van der Waals surface area (Å²) in [5.41, 5.74) is -0.948. The topological polar surface area (TPSA) is 159 Å². The first kappa shape index (κ1) is 28.2. The quantitative estimate of drug-likeness (QED) is 0.189. The Balaban J connectivity index is 1.56. The van der Waals surface area contributed by atoms with Gasteiger partial charge in [0.05, 0.1) is 18.6 Å². The maximum atomic E-state index is 12.5. The van der Waals surface area contributed by atoms with E-state index < -0.39 is 54.4 Å². The zero-order chi connectivity index (χ0) is 26.1. The Morgan fingerprint density at radius 3 is 2.25 bits per heavy atom. The number of aliphatic hydroxyl groups excluding tert-OH is 4. The molecule has 1 aliphatic heterocycles. The molecule has 5 N–H and O–H groups in total. The van der Waals surface area contributed by atoms with Crippen molar-refractivity contribution in [1.29, 1.82) is 0 Å². The van der Waals surface area contributed by atoms with Gasteiger partial charge in [-0.25, -0.2) is 4.79 Å². The summed E-state index contributed by atoms with van der Waals surface area (Å²) in [5.74, 6) is -0.675. The van der Waals surface area contributed by atoms with Crippen LogP contribution in [0.15, 0.2) is 27.4 Å². The van der Waals surface area contributed by atoms with Gasteiger partial charge >= 0.3 is 5.63 Å². The first-order chi connectivity index (χ1) is 17.4. The molecule has 1 aromatic carbocycles. The first-order valence-electron chi connectivity index (χ1n) is 12.8. The molecule has 10 heteroatoms. The van der Waals surface area contributed by atoms with Gasteiger partial charge < -0.3 is 44.2 Å². The standard InChI is InChI=1S/C26H38O10/c1-2-3-4-5-6-7-8-9-10-13-33-16-11-12-17-18(14-16)34-25(32)24(20(17)28)36-26-23(31)22(30)21(29)19(15-27)35-26/h11-12,14,19,21-23,26-31H,2-10,13,15H2,1H3/t19-,21-,22+,23+,26+/m1/s1. The fourth-order valence-corrected chi connectivity index (χ4v) is 4.23. The van der Waals surface area contributed by atoms with Gasteiger partial charge in [0.15, 0.2) is 5.75 Å². The average Bonchev–Trinajstić information content (AvgIpc) is 2.87. The number of unbranched alkanes of at least 4 members (excludes halogenated alkanes) is 8. The van der Waals surface area contributed by atoms with Crippen LogP contribution in [0.2, 0.25) is 0 Å². The molecule has 0 radical (unpaired) electrons. The fourth-order valence-electron chi connectivity index (χ4n) is 4.23. The highest BCUT2D eigenvalue weighted by atomic mass is 16.7. The summed E-state index contributed by atoms with van der Waals surface area (Å²) in [6.07, 6.45) is 2.97. The van der Waals surface area contributed by atoms with E-state index in [9.17, 15) is 30.3 Å². The van der Waals surface area contributed by atoms with Crippen LogP contribution in [0.1, 0.15) is 64.7 Å². The predicted molar refractivity (Wildman–Crippen MR) is 131 cm³/mol. The Kier molecular flexibility index (Phi) is 10.8. The summed E-state index contributed by atoms with van der Waals surface area (Å²) in [4.78, 5) is 12.5. The van der Waals surface area contributed by atoms with Crippen LogP contribution in [0.25, 0.3) is 11.0 Å². The number of ether oxygens (including phenoxy) is 3. The molecule has 5 atom stereocenters. The SMILES string of the molecule is CCCCCCCCCCCOc1ccc2c(O)c(O[C@@H]3O[C@H](CO)[C@@H](O)[C@H](O)[C@@H]3O)c(=O)oc2c1. The lowest BCUT2D eigenvalue weighted by Crippen LogP contribution is -2.60. The maximum absolute atomic E-state index is 12.5. The van der Waals surface area contributed by atoms with Crippen LogP contribution >= 0.6 is 0 Å². The van der Waals surface area contributed by atoms with Crippen molar-refractivity contribution in [2.45, 2.75) is 95.4 Å². The van der Waals surface area contributed by atoms with Crippen LogP contribution in [-0.2, 0) is 4.74 Å². The number of aliphatic hydroxyl groups is 4. The van der Waals surface area contributed by atoms with Gasteiger partial charge in [-0.2, -0.15) is 0 Å². The summed E-state index contributed by atoms with van der Waals surface area (Å²) < 4.78 is 21.6. The predicted octanol–water partition coefficient (Wildman–Crippen LogP) is 2.59. The molecule has 1 aromatic heterocycles. The summed E-state index contributed by atoms with van der Waals surface area (Å²) >= 11 is 0. The van der Waals surface area contributed by atoms with Gasteiger partial charge in [0.1, 0.15) is 35.7 Å². The second-order valence-electron chi connectivity index (χ2n) is 9.22. The van der Waals surface area contributed by atoms with E-state index in [4.69, 9.17) is 18.6 Å². The molecular weight excluding hydrogens is 472 g/mol. The summed E-state index contributed by atoms with van der Waals surface area (Å²) in [5, 5.41) is 50.0. The van der Waals surface area contributed by atoms with E-state index in [1.807, 2.05) is 0 Å². The van der Waals surface area contributed by atoms with Gasteiger partial charge in [-0.05, 0) is 18.6 Å². The van der Waals surface area contributed by atoms with Crippen LogP contribution in [0.3, 0.4) is 0 Å². The number of rotatable bonds is 14. The fraction of sp³-hybridized carbons (Fsp3) is 0.654. The number of benzene rings is 1. The molecule has 2 aromatic rings. The second kappa shape index (κ2) is 13.8. The molecule has 0 saturated carbocycles. The number of hydrogen-bond donors (Lipinski definition) is 5. The van der Waals surface area contributed by atoms with E-state index in [1.54, 1.807) is 6.07 Å². The van der Waals surface area contributed by atoms with E-state index in [1.165, 1.54) is 57.1 Å². The van der Waals surface area contributed by atoms with E-state index >= 15 is 0 Å². The highest BCUT2D eigenvalue weighted by Gasteiger charge is 2.45. The third-order valence-electron chi connectivity index (χ3n) is 6.41. The van der Waals surface area contributed by atoms with Crippen LogP contribution in [0.4, 0.5) is 0 Å². The van der Waals surface area contributed by atoms with Crippen molar-refractivity contribution in [3.63, 3.8) is 0 Å². The zero-order valence-electron chi connectivity index (χ0n) is 20.7.